The number of nitrogens with one attached hydrogen (secondary N) is 1. The average Bonchev–Trinajstić information content (AvgIpc) is 2.46. The Bertz CT molecular complexity index is 568. The Kier molecular flexibility index (Phi) is 6.29. The molecule has 0 aliphatic rings. The number of nitrogens with zero attached hydrogens (tertiary/aromatic N) is 1. The van der Waals surface area contributed by atoms with Gasteiger partial charge in [0.1, 0.15) is 11.9 Å². The van der Waals surface area contributed by atoms with E-state index < -0.39 is 21.9 Å². The van der Waals surface area contributed by atoms with Gasteiger partial charge in [-0.2, -0.15) is 4.72 Å². The molecule has 1 aromatic rings. The van der Waals surface area contributed by atoms with Gasteiger partial charge in [0.15, 0.2) is 0 Å². The van der Waals surface area contributed by atoms with Gasteiger partial charge in [0, 0.05) is 13.1 Å². The summed E-state index contributed by atoms with van der Waals surface area (Å²) in [5.74, 6) is -0.770. The fraction of sp³-hybridized carbons (Fsp3) is 0.500. The Morgan fingerprint density at radius 1 is 1.19 bits per heavy atom. The van der Waals surface area contributed by atoms with Crippen molar-refractivity contribution in [1.82, 2.24) is 9.62 Å². The van der Waals surface area contributed by atoms with E-state index in [4.69, 9.17) is 0 Å². The van der Waals surface area contributed by atoms with Gasteiger partial charge in [-0.25, -0.2) is 12.8 Å². The van der Waals surface area contributed by atoms with E-state index in [0.29, 0.717) is 19.5 Å². The van der Waals surface area contributed by atoms with Crippen LogP contribution in [0.15, 0.2) is 29.2 Å². The molecule has 0 fully saturated rings. The summed E-state index contributed by atoms with van der Waals surface area (Å²) < 4.78 is 39.7. The quantitative estimate of drug-likeness (QED) is 0.833. The van der Waals surface area contributed by atoms with Gasteiger partial charge in [-0.1, -0.05) is 6.92 Å². The Hall–Kier alpha value is -1.47. The Morgan fingerprint density at radius 3 is 2.14 bits per heavy atom. The van der Waals surface area contributed by atoms with E-state index in [-0.39, 0.29) is 10.8 Å². The number of halogens is 1. The third-order valence-corrected chi connectivity index (χ3v) is 4.69. The van der Waals surface area contributed by atoms with Crippen molar-refractivity contribution in [1.29, 1.82) is 0 Å². The van der Waals surface area contributed by atoms with Crippen LogP contribution in [0.4, 0.5) is 4.39 Å². The monoisotopic (exact) mass is 316 g/mol. The molecule has 7 heteroatoms. The van der Waals surface area contributed by atoms with Crippen molar-refractivity contribution in [2.24, 2.45) is 0 Å². The van der Waals surface area contributed by atoms with Crippen LogP contribution in [0.5, 0.6) is 0 Å². The van der Waals surface area contributed by atoms with Crippen LogP contribution < -0.4 is 4.72 Å². The third kappa shape index (κ3) is 4.50. The first-order valence-corrected chi connectivity index (χ1v) is 8.40. The highest BCUT2D eigenvalue weighted by atomic mass is 32.2. The molecule has 1 amide bonds. The van der Waals surface area contributed by atoms with Gasteiger partial charge in [-0.15, -0.1) is 0 Å². The number of benzene rings is 1. The molecule has 1 N–H and O–H groups in total. The highest BCUT2D eigenvalue weighted by Crippen LogP contribution is 2.12. The maximum atomic E-state index is 12.9. The predicted octanol–water partition coefficient (Wildman–Crippen LogP) is 1.75. The maximum absolute atomic E-state index is 12.9. The minimum absolute atomic E-state index is 0.0605. The van der Waals surface area contributed by atoms with Crippen molar-refractivity contribution in [3.8, 4) is 0 Å². The molecule has 1 rings (SSSR count). The summed E-state index contributed by atoms with van der Waals surface area (Å²) in [7, 11) is -3.85. The van der Waals surface area contributed by atoms with Crippen LogP contribution in [0.25, 0.3) is 0 Å². The average molecular weight is 316 g/mol. The number of sulfonamides is 1. The summed E-state index contributed by atoms with van der Waals surface area (Å²) in [6.45, 7) is 6.44. The van der Waals surface area contributed by atoms with Crippen LogP contribution in [-0.4, -0.2) is 38.4 Å². The minimum Gasteiger partial charge on any atom is -0.342 e. The smallest absolute Gasteiger partial charge is 0.241 e. The zero-order chi connectivity index (χ0) is 16.0. The molecular formula is C14H21FN2O3S. The van der Waals surface area contributed by atoms with Crippen molar-refractivity contribution in [3.63, 3.8) is 0 Å². The molecule has 0 heterocycles. The van der Waals surface area contributed by atoms with Gasteiger partial charge in [0.05, 0.1) is 4.90 Å². The summed E-state index contributed by atoms with van der Waals surface area (Å²) in [6, 6.07) is 3.67. The summed E-state index contributed by atoms with van der Waals surface area (Å²) in [4.78, 5) is 13.7. The summed E-state index contributed by atoms with van der Waals surface area (Å²) in [5, 5.41) is 0. The Morgan fingerprint density at radius 2 is 1.71 bits per heavy atom. The zero-order valence-corrected chi connectivity index (χ0v) is 13.3. The lowest BCUT2D eigenvalue weighted by Crippen LogP contribution is -2.48. The summed E-state index contributed by atoms with van der Waals surface area (Å²) >= 11 is 0. The molecule has 1 aromatic carbocycles. The zero-order valence-electron chi connectivity index (χ0n) is 12.5. The van der Waals surface area contributed by atoms with Crippen LogP contribution in [-0.2, 0) is 14.8 Å². The van der Waals surface area contributed by atoms with E-state index in [1.165, 1.54) is 12.1 Å². The fourth-order valence-corrected chi connectivity index (χ4v) is 3.21. The summed E-state index contributed by atoms with van der Waals surface area (Å²) in [6.07, 6.45) is 0.343. The molecule has 0 spiro atoms. The molecule has 0 aliphatic heterocycles. The topological polar surface area (TPSA) is 66.5 Å². The molecule has 1 atom stereocenters. The second kappa shape index (κ2) is 7.51. The molecule has 1 unspecified atom stereocenters. The number of hydrogen-bond acceptors (Lipinski definition) is 3. The van der Waals surface area contributed by atoms with E-state index in [2.05, 4.69) is 4.72 Å². The number of likely N-dealkylation sites (N-methyl/N-ethyl adjacent to an activating group) is 1. The van der Waals surface area contributed by atoms with Crippen LogP contribution in [0.2, 0.25) is 0 Å². The molecule has 0 saturated heterocycles. The van der Waals surface area contributed by atoms with E-state index in [0.717, 1.165) is 12.1 Å². The van der Waals surface area contributed by atoms with E-state index >= 15 is 0 Å². The van der Waals surface area contributed by atoms with Gasteiger partial charge in [-0.05, 0) is 44.5 Å². The normalized spacial score (nSPS) is 13.0. The van der Waals surface area contributed by atoms with Gasteiger partial charge in [-0.3, -0.25) is 4.79 Å². The third-order valence-electron chi connectivity index (χ3n) is 3.20. The van der Waals surface area contributed by atoms with E-state index in [9.17, 15) is 17.6 Å². The first-order chi connectivity index (χ1) is 9.85. The molecule has 5 nitrogen and oxygen atoms in total. The Balaban J connectivity index is 2.94. The number of hydrogen-bond donors (Lipinski definition) is 1. The minimum atomic E-state index is -3.85. The van der Waals surface area contributed by atoms with Crippen molar-refractivity contribution in [2.75, 3.05) is 13.1 Å². The first kappa shape index (κ1) is 17.6. The molecule has 0 radical (unpaired) electrons. The molecule has 21 heavy (non-hydrogen) atoms. The maximum Gasteiger partial charge on any atom is 0.241 e. The second-order valence-corrected chi connectivity index (χ2v) is 6.26. The molecule has 0 aromatic heterocycles. The van der Waals surface area contributed by atoms with Gasteiger partial charge in [0.2, 0.25) is 15.9 Å². The molecule has 0 saturated carbocycles. The predicted molar refractivity (Wildman–Crippen MR) is 78.7 cm³/mol. The van der Waals surface area contributed by atoms with Crippen molar-refractivity contribution >= 4 is 15.9 Å². The molecule has 0 bridgehead atoms. The lowest BCUT2D eigenvalue weighted by atomic mass is 10.2. The largest absolute Gasteiger partial charge is 0.342 e. The van der Waals surface area contributed by atoms with Gasteiger partial charge < -0.3 is 4.90 Å². The van der Waals surface area contributed by atoms with Crippen LogP contribution in [0.1, 0.15) is 27.2 Å². The van der Waals surface area contributed by atoms with Crippen molar-refractivity contribution in [2.45, 2.75) is 38.1 Å². The number of rotatable bonds is 7. The summed E-state index contributed by atoms with van der Waals surface area (Å²) in [5.41, 5.74) is 0. The van der Waals surface area contributed by atoms with Crippen LogP contribution in [0, 0.1) is 5.82 Å². The van der Waals surface area contributed by atoms with Gasteiger partial charge in [0.25, 0.3) is 0 Å². The number of amides is 1. The van der Waals surface area contributed by atoms with E-state index in [1.807, 2.05) is 13.8 Å². The van der Waals surface area contributed by atoms with Crippen molar-refractivity contribution < 1.29 is 17.6 Å². The standard InChI is InChI=1S/C14H21FN2O3S/c1-4-13(14(18)17(5-2)6-3)16-21(19,20)12-9-7-11(15)8-10-12/h7-10,13,16H,4-6H2,1-3H3. The highest BCUT2D eigenvalue weighted by Gasteiger charge is 2.26. The number of carbonyl (C=O) groups is 1. The highest BCUT2D eigenvalue weighted by molar-refractivity contribution is 7.89. The lowest BCUT2D eigenvalue weighted by molar-refractivity contribution is -0.132. The van der Waals surface area contributed by atoms with Crippen molar-refractivity contribution in [3.05, 3.63) is 30.1 Å². The van der Waals surface area contributed by atoms with Crippen LogP contribution in [0.3, 0.4) is 0 Å². The van der Waals surface area contributed by atoms with Crippen LogP contribution >= 0.6 is 0 Å². The fourth-order valence-electron chi connectivity index (χ4n) is 1.93. The molecule has 0 aliphatic carbocycles. The number of carbonyl (C=O) groups excluding carboxylic acids is 1. The first-order valence-electron chi connectivity index (χ1n) is 6.92. The second-order valence-electron chi connectivity index (χ2n) is 4.55. The van der Waals surface area contributed by atoms with Gasteiger partial charge >= 0.3 is 0 Å². The molecule has 118 valence electrons. The van der Waals surface area contributed by atoms with E-state index in [1.54, 1.807) is 11.8 Å². The SMILES string of the molecule is CCC(NS(=O)(=O)c1ccc(F)cc1)C(=O)N(CC)CC. The molecular weight excluding hydrogens is 295 g/mol. The Labute approximate surface area is 125 Å². The lowest BCUT2D eigenvalue weighted by Gasteiger charge is -2.25.